The average molecular weight is 247 g/mol. The van der Waals surface area contributed by atoms with Crippen LogP contribution in [0.15, 0.2) is 12.1 Å². The predicted octanol–water partition coefficient (Wildman–Crippen LogP) is 1.91. The van der Waals surface area contributed by atoms with E-state index in [9.17, 15) is 4.79 Å². The summed E-state index contributed by atoms with van der Waals surface area (Å²) >= 11 is 0. The van der Waals surface area contributed by atoms with Crippen LogP contribution in [0.1, 0.15) is 29.4 Å². The van der Waals surface area contributed by atoms with E-state index in [1.54, 1.807) is 19.1 Å². The van der Waals surface area contributed by atoms with Gasteiger partial charge < -0.3 is 9.64 Å². The minimum absolute atomic E-state index is 0.0749. The lowest BCUT2D eigenvalue weighted by atomic mass is 10.2. The number of carbonyl (C=O) groups is 1. The molecule has 0 aliphatic carbocycles. The van der Waals surface area contributed by atoms with Gasteiger partial charge in [-0.1, -0.05) is 0 Å². The van der Waals surface area contributed by atoms with Gasteiger partial charge in [0.05, 0.1) is 30.9 Å². The first-order valence-electron chi connectivity index (χ1n) is 5.67. The zero-order valence-electron chi connectivity index (χ0n) is 11.1. The number of aromatic nitrogens is 1. The highest BCUT2D eigenvalue weighted by molar-refractivity contribution is 5.90. The van der Waals surface area contributed by atoms with Gasteiger partial charge in [-0.15, -0.1) is 0 Å². The molecule has 0 aliphatic rings. The van der Waals surface area contributed by atoms with Crippen LogP contribution in [0.25, 0.3) is 0 Å². The standard InChI is InChI=1S/C13H17N3O2/c1-9(7-8-14)16(3)12-6-5-11(10(2)15-12)13(17)18-4/h5-6,9H,7H2,1-4H3. The first-order chi connectivity index (χ1) is 8.51. The molecule has 1 aromatic heterocycles. The number of esters is 1. The highest BCUT2D eigenvalue weighted by Crippen LogP contribution is 2.17. The summed E-state index contributed by atoms with van der Waals surface area (Å²) in [5, 5.41) is 8.68. The van der Waals surface area contributed by atoms with Gasteiger partial charge in [-0.05, 0) is 26.0 Å². The van der Waals surface area contributed by atoms with Gasteiger partial charge >= 0.3 is 5.97 Å². The van der Waals surface area contributed by atoms with Crippen molar-refractivity contribution in [2.24, 2.45) is 0 Å². The number of carbonyl (C=O) groups excluding carboxylic acids is 1. The largest absolute Gasteiger partial charge is 0.465 e. The van der Waals surface area contributed by atoms with Crippen LogP contribution in [0, 0.1) is 18.3 Å². The number of pyridine rings is 1. The molecule has 0 saturated heterocycles. The Balaban J connectivity index is 2.97. The zero-order chi connectivity index (χ0) is 13.7. The number of hydrogen-bond acceptors (Lipinski definition) is 5. The van der Waals surface area contributed by atoms with Crippen LogP contribution < -0.4 is 4.90 Å². The highest BCUT2D eigenvalue weighted by Gasteiger charge is 2.15. The molecule has 0 aromatic carbocycles. The molecule has 0 N–H and O–H groups in total. The van der Waals surface area contributed by atoms with Crippen molar-refractivity contribution in [2.45, 2.75) is 26.3 Å². The Morgan fingerprint density at radius 3 is 2.78 bits per heavy atom. The SMILES string of the molecule is COC(=O)c1ccc(N(C)C(C)CC#N)nc1C. The molecule has 0 amide bonds. The van der Waals surface area contributed by atoms with Crippen LogP contribution in [0.4, 0.5) is 5.82 Å². The van der Waals surface area contributed by atoms with Gasteiger partial charge in [0.2, 0.25) is 0 Å². The molecule has 0 radical (unpaired) electrons. The van der Waals surface area contributed by atoms with E-state index in [-0.39, 0.29) is 12.0 Å². The summed E-state index contributed by atoms with van der Waals surface area (Å²) in [6.07, 6.45) is 0.427. The third kappa shape index (κ3) is 2.98. The van der Waals surface area contributed by atoms with E-state index in [0.29, 0.717) is 17.7 Å². The van der Waals surface area contributed by atoms with Gasteiger partial charge in [-0.25, -0.2) is 9.78 Å². The molecular weight excluding hydrogens is 230 g/mol. The fraction of sp³-hybridized carbons (Fsp3) is 0.462. The summed E-state index contributed by atoms with van der Waals surface area (Å²) in [5.74, 6) is 0.349. The Morgan fingerprint density at radius 2 is 2.28 bits per heavy atom. The summed E-state index contributed by atoms with van der Waals surface area (Å²) in [5.41, 5.74) is 1.08. The van der Waals surface area contributed by atoms with Crippen molar-refractivity contribution in [3.05, 3.63) is 23.4 Å². The maximum absolute atomic E-state index is 11.4. The molecule has 0 fully saturated rings. The van der Waals surface area contributed by atoms with Gasteiger partial charge in [0.15, 0.2) is 0 Å². The number of nitriles is 1. The van der Waals surface area contributed by atoms with Gasteiger partial charge in [0.25, 0.3) is 0 Å². The molecule has 18 heavy (non-hydrogen) atoms. The maximum Gasteiger partial charge on any atom is 0.339 e. The van der Waals surface area contributed by atoms with E-state index in [2.05, 4.69) is 15.8 Å². The van der Waals surface area contributed by atoms with Gasteiger partial charge in [0.1, 0.15) is 5.82 Å². The Hall–Kier alpha value is -2.09. The second kappa shape index (κ2) is 6.01. The smallest absolute Gasteiger partial charge is 0.339 e. The molecule has 0 aliphatic heterocycles. The topological polar surface area (TPSA) is 66.2 Å². The van der Waals surface area contributed by atoms with Crippen molar-refractivity contribution in [3.8, 4) is 6.07 Å². The summed E-state index contributed by atoms with van der Waals surface area (Å²) in [6, 6.07) is 5.65. The average Bonchev–Trinajstić information content (AvgIpc) is 2.37. The minimum atomic E-state index is -0.390. The van der Waals surface area contributed by atoms with Crippen LogP contribution in [-0.2, 0) is 4.74 Å². The number of rotatable bonds is 4. The Kier molecular flexibility index (Phi) is 4.67. The second-order valence-corrected chi connectivity index (χ2v) is 4.12. The third-order valence-corrected chi connectivity index (χ3v) is 2.89. The first-order valence-corrected chi connectivity index (χ1v) is 5.67. The van der Waals surface area contributed by atoms with Crippen molar-refractivity contribution in [1.29, 1.82) is 5.26 Å². The summed E-state index contributed by atoms with van der Waals surface area (Å²) in [4.78, 5) is 17.7. The van der Waals surface area contributed by atoms with Crippen molar-refractivity contribution in [1.82, 2.24) is 4.98 Å². The van der Waals surface area contributed by atoms with E-state index in [1.807, 2.05) is 18.9 Å². The quantitative estimate of drug-likeness (QED) is 0.760. The Morgan fingerprint density at radius 1 is 1.61 bits per heavy atom. The number of methoxy groups -OCH3 is 1. The predicted molar refractivity (Wildman–Crippen MR) is 68.4 cm³/mol. The second-order valence-electron chi connectivity index (χ2n) is 4.12. The molecule has 0 spiro atoms. The molecule has 96 valence electrons. The first kappa shape index (κ1) is 14.0. The van der Waals surface area contributed by atoms with E-state index in [0.717, 1.165) is 5.82 Å². The van der Waals surface area contributed by atoms with E-state index in [4.69, 9.17) is 5.26 Å². The lowest BCUT2D eigenvalue weighted by molar-refractivity contribution is 0.0599. The van der Waals surface area contributed by atoms with Crippen LogP contribution in [0.5, 0.6) is 0 Å². The van der Waals surface area contributed by atoms with Gasteiger partial charge in [0, 0.05) is 13.1 Å². The number of ether oxygens (including phenoxy) is 1. The normalized spacial score (nSPS) is 11.5. The zero-order valence-corrected chi connectivity index (χ0v) is 11.1. The number of anilines is 1. The molecule has 1 aromatic rings. The molecule has 1 heterocycles. The van der Waals surface area contributed by atoms with E-state index < -0.39 is 0 Å². The van der Waals surface area contributed by atoms with E-state index >= 15 is 0 Å². The maximum atomic E-state index is 11.4. The van der Waals surface area contributed by atoms with Crippen molar-refractivity contribution in [3.63, 3.8) is 0 Å². The van der Waals surface area contributed by atoms with Crippen LogP contribution in [0.2, 0.25) is 0 Å². The Labute approximate surface area is 107 Å². The van der Waals surface area contributed by atoms with Crippen LogP contribution in [-0.4, -0.2) is 31.2 Å². The summed E-state index contributed by atoms with van der Waals surface area (Å²) < 4.78 is 4.67. The van der Waals surface area contributed by atoms with Gasteiger partial charge in [-0.2, -0.15) is 5.26 Å². The highest BCUT2D eigenvalue weighted by atomic mass is 16.5. The van der Waals surface area contributed by atoms with Gasteiger partial charge in [-0.3, -0.25) is 0 Å². The van der Waals surface area contributed by atoms with Crippen LogP contribution in [0.3, 0.4) is 0 Å². The lowest BCUT2D eigenvalue weighted by Gasteiger charge is -2.24. The Bertz CT molecular complexity index is 480. The molecule has 0 bridgehead atoms. The number of aryl methyl sites for hydroxylation is 1. The van der Waals surface area contributed by atoms with E-state index in [1.165, 1.54) is 7.11 Å². The molecular formula is C13H17N3O2. The number of nitrogens with zero attached hydrogens (tertiary/aromatic N) is 3. The van der Waals surface area contributed by atoms with Crippen molar-refractivity contribution < 1.29 is 9.53 Å². The molecule has 1 atom stereocenters. The van der Waals surface area contributed by atoms with Crippen molar-refractivity contribution in [2.75, 3.05) is 19.1 Å². The summed E-state index contributed by atoms with van der Waals surface area (Å²) in [6.45, 7) is 3.72. The minimum Gasteiger partial charge on any atom is -0.465 e. The third-order valence-electron chi connectivity index (χ3n) is 2.89. The number of hydrogen-bond donors (Lipinski definition) is 0. The fourth-order valence-corrected chi connectivity index (χ4v) is 1.56. The molecule has 0 saturated carbocycles. The van der Waals surface area contributed by atoms with Crippen LogP contribution >= 0.6 is 0 Å². The molecule has 1 unspecified atom stereocenters. The fourth-order valence-electron chi connectivity index (χ4n) is 1.56. The molecule has 5 heteroatoms. The summed E-state index contributed by atoms with van der Waals surface area (Å²) in [7, 11) is 3.22. The lowest BCUT2D eigenvalue weighted by Crippen LogP contribution is -2.29. The molecule has 5 nitrogen and oxygen atoms in total. The van der Waals surface area contributed by atoms with Crippen molar-refractivity contribution >= 4 is 11.8 Å². The molecule has 1 rings (SSSR count). The monoisotopic (exact) mass is 247 g/mol.